The maximum absolute atomic E-state index is 11.7. The van der Waals surface area contributed by atoms with Gasteiger partial charge in [-0.25, -0.2) is 4.98 Å². The fourth-order valence-corrected chi connectivity index (χ4v) is 2.27. The lowest BCUT2D eigenvalue weighted by atomic mass is 10.2. The summed E-state index contributed by atoms with van der Waals surface area (Å²) in [6.45, 7) is 2.80. The molecular formula is C14H24Cl2N4O2. The van der Waals surface area contributed by atoms with Gasteiger partial charge in [-0.15, -0.1) is 24.8 Å². The van der Waals surface area contributed by atoms with Crippen LogP contribution in [-0.2, 0) is 16.1 Å². The second-order valence-corrected chi connectivity index (χ2v) is 5.00. The molecule has 126 valence electrons. The minimum atomic E-state index is -0.625. The third-order valence-electron chi connectivity index (χ3n) is 3.39. The normalized spacial score (nSPS) is 14.7. The van der Waals surface area contributed by atoms with Gasteiger partial charge >= 0.3 is 0 Å². The SMILES string of the molecule is COCC(N)C(=O)NCc1ccnc(N2CCCC2)c1.Cl.Cl. The van der Waals surface area contributed by atoms with Crippen molar-refractivity contribution in [1.29, 1.82) is 0 Å². The first-order valence-electron chi connectivity index (χ1n) is 6.93. The highest BCUT2D eigenvalue weighted by molar-refractivity contribution is 5.85. The second-order valence-electron chi connectivity index (χ2n) is 5.00. The molecule has 22 heavy (non-hydrogen) atoms. The molecule has 0 radical (unpaired) electrons. The first-order valence-corrected chi connectivity index (χ1v) is 6.93. The van der Waals surface area contributed by atoms with E-state index in [9.17, 15) is 4.79 Å². The van der Waals surface area contributed by atoms with Crippen molar-refractivity contribution in [2.45, 2.75) is 25.4 Å². The van der Waals surface area contributed by atoms with Crippen LogP contribution in [0.25, 0.3) is 0 Å². The number of hydrogen-bond donors (Lipinski definition) is 2. The fraction of sp³-hybridized carbons (Fsp3) is 0.571. The number of anilines is 1. The molecule has 0 bridgehead atoms. The maximum Gasteiger partial charge on any atom is 0.239 e. The molecule has 6 nitrogen and oxygen atoms in total. The molecule has 1 aromatic heterocycles. The fourth-order valence-electron chi connectivity index (χ4n) is 2.27. The average Bonchev–Trinajstić information content (AvgIpc) is 2.99. The molecule has 3 N–H and O–H groups in total. The zero-order chi connectivity index (χ0) is 14.4. The highest BCUT2D eigenvalue weighted by Crippen LogP contribution is 2.18. The Hall–Kier alpha value is -1.08. The van der Waals surface area contributed by atoms with Crippen molar-refractivity contribution < 1.29 is 9.53 Å². The average molecular weight is 351 g/mol. The van der Waals surface area contributed by atoms with E-state index < -0.39 is 6.04 Å². The number of pyridine rings is 1. The third kappa shape index (κ3) is 5.96. The first kappa shape index (κ1) is 20.9. The predicted molar refractivity (Wildman–Crippen MR) is 91.9 cm³/mol. The van der Waals surface area contributed by atoms with Crippen molar-refractivity contribution in [2.75, 3.05) is 31.7 Å². The molecular weight excluding hydrogens is 327 g/mol. The Balaban J connectivity index is 0.00000220. The topological polar surface area (TPSA) is 80.5 Å². The lowest BCUT2D eigenvalue weighted by Gasteiger charge is -2.17. The van der Waals surface area contributed by atoms with Crippen molar-refractivity contribution in [3.8, 4) is 0 Å². The minimum Gasteiger partial charge on any atom is -0.383 e. The number of nitrogens with one attached hydrogen (secondary N) is 1. The van der Waals surface area contributed by atoms with E-state index >= 15 is 0 Å². The summed E-state index contributed by atoms with van der Waals surface area (Å²) in [5.41, 5.74) is 6.69. The van der Waals surface area contributed by atoms with Crippen molar-refractivity contribution in [3.63, 3.8) is 0 Å². The molecule has 1 atom stereocenters. The Morgan fingerprint density at radius 1 is 1.45 bits per heavy atom. The Morgan fingerprint density at radius 2 is 2.14 bits per heavy atom. The van der Waals surface area contributed by atoms with Gasteiger partial charge in [-0.1, -0.05) is 0 Å². The summed E-state index contributed by atoms with van der Waals surface area (Å²) < 4.78 is 4.86. The Labute approximate surface area is 143 Å². The summed E-state index contributed by atoms with van der Waals surface area (Å²) >= 11 is 0. The summed E-state index contributed by atoms with van der Waals surface area (Å²) in [6.07, 6.45) is 4.22. The lowest BCUT2D eigenvalue weighted by Crippen LogP contribution is -2.43. The van der Waals surface area contributed by atoms with Crippen LogP contribution < -0.4 is 16.0 Å². The van der Waals surface area contributed by atoms with E-state index in [1.807, 2.05) is 12.1 Å². The van der Waals surface area contributed by atoms with Crippen LogP contribution in [-0.4, -0.2) is 43.7 Å². The van der Waals surface area contributed by atoms with Gasteiger partial charge < -0.3 is 20.7 Å². The minimum absolute atomic E-state index is 0. The van der Waals surface area contributed by atoms with Crippen LogP contribution in [0.3, 0.4) is 0 Å². The summed E-state index contributed by atoms with van der Waals surface area (Å²) in [5.74, 6) is 0.779. The van der Waals surface area contributed by atoms with Crippen LogP contribution in [0.2, 0.25) is 0 Å². The number of carbonyl (C=O) groups excluding carboxylic acids is 1. The number of methoxy groups -OCH3 is 1. The largest absolute Gasteiger partial charge is 0.383 e. The molecule has 2 rings (SSSR count). The van der Waals surface area contributed by atoms with Crippen molar-refractivity contribution in [3.05, 3.63) is 23.9 Å². The zero-order valence-corrected chi connectivity index (χ0v) is 14.3. The zero-order valence-electron chi connectivity index (χ0n) is 12.7. The molecule has 1 fully saturated rings. The maximum atomic E-state index is 11.7. The molecule has 1 unspecified atom stereocenters. The van der Waals surface area contributed by atoms with E-state index in [2.05, 4.69) is 15.2 Å². The number of rotatable bonds is 6. The van der Waals surface area contributed by atoms with Crippen LogP contribution in [0.4, 0.5) is 5.82 Å². The molecule has 2 heterocycles. The lowest BCUT2D eigenvalue weighted by molar-refractivity contribution is -0.123. The van der Waals surface area contributed by atoms with Crippen molar-refractivity contribution in [1.82, 2.24) is 10.3 Å². The molecule has 1 amide bonds. The molecule has 0 aromatic carbocycles. The van der Waals surface area contributed by atoms with Crippen LogP contribution in [0, 0.1) is 0 Å². The summed E-state index contributed by atoms with van der Waals surface area (Å²) in [7, 11) is 1.53. The monoisotopic (exact) mass is 350 g/mol. The summed E-state index contributed by atoms with van der Waals surface area (Å²) in [4.78, 5) is 18.4. The van der Waals surface area contributed by atoms with Gasteiger partial charge in [0.25, 0.3) is 0 Å². The van der Waals surface area contributed by atoms with E-state index in [4.69, 9.17) is 10.5 Å². The molecule has 0 saturated carbocycles. The number of aromatic nitrogens is 1. The smallest absolute Gasteiger partial charge is 0.239 e. The Bertz CT molecular complexity index is 456. The van der Waals surface area contributed by atoms with Crippen LogP contribution in [0.5, 0.6) is 0 Å². The highest BCUT2D eigenvalue weighted by Gasteiger charge is 2.15. The van der Waals surface area contributed by atoms with E-state index in [0.717, 1.165) is 24.5 Å². The van der Waals surface area contributed by atoms with E-state index in [1.165, 1.54) is 20.0 Å². The number of amides is 1. The number of nitrogens with zero attached hydrogens (tertiary/aromatic N) is 2. The number of carbonyl (C=O) groups is 1. The molecule has 1 saturated heterocycles. The van der Waals surface area contributed by atoms with E-state index in [1.54, 1.807) is 6.20 Å². The van der Waals surface area contributed by atoms with Gasteiger partial charge in [-0.05, 0) is 30.5 Å². The third-order valence-corrected chi connectivity index (χ3v) is 3.39. The van der Waals surface area contributed by atoms with Gasteiger partial charge in [0.05, 0.1) is 6.61 Å². The van der Waals surface area contributed by atoms with Crippen molar-refractivity contribution in [2.24, 2.45) is 5.73 Å². The summed E-state index contributed by atoms with van der Waals surface area (Å²) in [5, 5.41) is 2.81. The number of nitrogens with two attached hydrogens (primary N) is 1. The number of hydrogen-bond acceptors (Lipinski definition) is 5. The Kier molecular flexibility index (Phi) is 10.1. The number of halogens is 2. The van der Waals surface area contributed by atoms with Crippen LogP contribution >= 0.6 is 24.8 Å². The van der Waals surface area contributed by atoms with Crippen LogP contribution in [0.15, 0.2) is 18.3 Å². The molecule has 0 aliphatic carbocycles. The predicted octanol–water partition coefficient (Wildman–Crippen LogP) is 1.12. The van der Waals surface area contributed by atoms with Gasteiger partial charge in [-0.3, -0.25) is 4.79 Å². The number of ether oxygens (including phenoxy) is 1. The Morgan fingerprint density at radius 3 is 2.77 bits per heavy atom. The molecule has 1 aliphatic rings. The van der Waals surface area contributed by atoms with Gasteiger partial charge in [0.15, 0.2) is 0 Å². The van der Waals surface area contributed by atoms with E-state index in [0.29, 0.717) is 6.54 Å². The highest BCUT2D eigenvalue weighted by atomic mass is 35.5. The van der Waals surface area contributed by atoms with Gasteiger partial charge in [0.1, 0.15) is 11.9 Å². The quantitative estimate of drug-likeness (QED) is 0.803. The van der Waals surface area contributed by atoms with Gasteiger partial charge in [-0.2, -0.15) is 0 Å². The second kappa shape index (κ2) is 10.6. The summed E-state index contributed by atoms with van der Waals surface area (Å²) in [6, 6.07) is 3.30. The van der Waals surface area contributed by atoms with Crippen LogP contribution in [0.1, 0.15) is 18.4 Å². The van der Waals surface area contributed by atoms with E-state index in [-0.39, 0.29) is 37.3 Å². The van der Waals surface area contributed by atoms with Crippen molar-refractivity contribution >= 4 is 36.5 Å². The molecule has 8 heteroatoms. The first-order chi connectivity index (χ1) is 9.70. The molecule has 1 aliphatic heterocycles. The standard InChI is InChI=1S/C14H22N4O2.2ClH/c1-20-10-12(15)14(19)17-9-11-4-5-16-13(8-11)18-6-2-3-7-18;;/h4-5,8,12H,2-3,6-7,9-10,15H2,1H3,(H,17,19);2*1H. The molecule has 0 spiro atoms. The molecule has 1 aromatic rings. The van der Waals surface area contributed by atoms with Gasteiger partial charge in [0.2, 0.25) is 5.91 Å². The van der Waals surface area contributed by atoms with Gasteiger partial charge in [0, 0.05) is 32.9 Å².